The Kier molecular flexibility index (Phi) is 7.31. The van der Waals surface area contributed by atoms with Crippen LogP contribution in [-0.2, 0) is 11.3 Å². The maximum atomic E-state index is 12.3. The van der Waals surface area contributed by atoms with Gasteiger partial charge in [-0.15, -0.1) is 0 Å². The predicted octanol–water partition coefficient (Wildman–Crippen LogP) is 3.46. The van der Waals surface area contributed by atoms with Gasteiger partial charge in [-0.2, -0.15) is 5.10 Å². The number of halogens is 1. The van der Waals surface area contributed by atoms with Crippen LogP contribution in [0, 0.1) is 6.92 Å². The molecule has 7 nitrogen and oxygen atoms in total. The lowest BCUT2D eigenvalue weighted by atomic mass is 10.1. The fourth-order valence-electron chi connectivity index (χ4n) is 2.90. The number of hydrogen-bond acceptors (Lipinski definition) is 5. The second kappa shape index (κ2) is 10.1. The molecule has 0 saturated heterocycles. The first-order chi connectivity index (χ1) is 14.9. The summed E-state index contributed by atoms with van der Waals surface area (Å²) in [7, 11) is 1.60. The number of methoxy groups -OCH3 is 1. The third-order valence-electron chi connectivity index (χ3n) is 4.69. The summed E-state index contributed by atoms with van der Waals surface area (Å²) in [6.45, 7) is 4.01. The van der Waals surface area contributed by atoms with E-state index in [0.717, 1.165) is 16.9 Å². The van der Waals surface area contributed by atoms with E-state index in [9.17, 15) is 9.59 Å². The molecule has 1 amide bonds. The summed E-state index contributed by atoms with van der Waals surface area (Å²) in [5.74, 6) is 1.02. The fourth-order valence-corrected chi connectivity index (χ4v) is 3.02. The molecule has 0 aliphatic carbocycles. The third kappa shape index (κ3) is 5.86. The third-order valence-corrected chi connectivity index (χ3v) is 5.11. The normalized spacial score (nSPS) is 11.6. The average Bonchev–Trinajstić information content (AvgIpc) is 2.77. The SMILES string of the molecule is COc1ccc(-c2ccc(=O)n(CCNC(=O)C(C)Oc3ccc(Cl)c(C)c3)n2)cc1. The van der Waals surface area contributed by atoms with Crippen molar-refractivity contribution in [3.63, 3.8) is 0 Å². The molecule has 0 aliphatic heterocycles. The number of aromatic nitrogens is 2. The Morgan fingerprint density at radius 2 is 1.84 bits per heavy atom. The zero-order valence-corrected chi connectivity index (χ0v) is 18.3. The van der Waals surface area contributed by atoms with E-state index in [1.165, 1.54) is 10.7 Å². The molecule has 1 N–H and O–H groups in total. The van der Waals surface area contributed by atoms with Gasteiger partial charge in [-0.25, -0.2) is 4.68 Å². The van der Waals surface area contributed by atoms with Crippen molar-refractivity contribution < 1.29 is 14.3 Å². The molecule has 0 fully saturated rings. The summed E-state index contributed by atoms with van der Waals surface area (Å²) in [6, 6.07) is 15.8. The number of amides is 1. The van der Waals surface area contributed by atoms with Gasteiger partial charge >= 0.3 is 0 Å². The summed E-state index contributed by atoms with van der Waals surface area (Å²) in [5.41, 5.74) is 2.14. The summed E-state index contributed by atoms with van der Waals surface area (Å²) in [5, 5.41) is 7.80. The number of carbonyl (C=O) groups is 1. The monoisotopic (exact) mass is 441 g/mol. The maximum absolute atomic E-state index is 12.3. The molecule has 3 aromatic rings. The molecule has 1 atom stereocenters. The first-order valence-electron chi connectivity index (χ1n) is 9.80. The van der Waals surface area contributed by atoms with Crippen LogP contribution in [0.2, 0.25) is 5.02 Å². The maximum Gasteiger partial charge on any atom is 0.266 e. The lowest BCUT2D eigenvalue weighted by Gasteiger charge is -2.15. The lowest BCUT2D eigenvalue weighted by Crippen LogP contribution is -2.39. The van der Waals surface area contributed by atoms with Gasteiger partial charge in [-0.05, 0) is 67.9 Å². The van der Waals surface area contributed by atoms with Crippen molar-refractivity contribution in [1.29, 1.82) is 0 Å². The van der Waals surface area contributed by atoms with Crippen LogP contribution < -0.4 is 20.3 Å². The highest BCUT2D eigenvalue weighted by Crippen LogP contribution is 2.22. The van der Waals surface area contributed by atoms with Crippen LogP contribution in [0.15, 0.2) is 59.4 Å². The first-order valence-corrected chi connectivity index (χ1v) is 10.2. The summed E-state index contributed by atoms with van der Waals surface area (Å²) >= 11 is 6.01. The predicted molar refractivity (Wildman–Crippen MR) is 120 cm³/mol. The average molecular weight is 442 g/mol. The smallest absolute Gasteiger partial charge is 0.266 e. The van der Waals surface area contributed by atoms with E-state index in [2.05, 4.69) is 10.4 Å². The Balaban J connectivity index is 1.58. The van der Waals surface area contributed by atoms with Crippen LogP contribution in [0.3, 0.4) is 0 Å². The van der Waals surface area contributed by atoms with Crippen molar-refractivity contribution >= 4 is 17.5 Å². The van der Waals surface area contributed by atoms with Crippen molar-refractivity contribution in [2.45, 2.75) is 26.5 Å². The van der Waals surface area contributed by atoms with Crippen LogP contribution >= 0.6 is 11.6 Å². The van der Waals surface area contributed by atoms with Gasteiger partial charge < -0.3 is 14.8 Å². The van der Waals surface area contributed by atoms with Gasteiger partial charge in [0.25, 0.3) is 11.5 Å². The molecule has 31 heavy (non-hydrogen) atoms. The van der Waals surface area contributed by atoms with E-state index in [1.54, 1.807) is 38.3 Å². The van der Waals surface area contributed by atoms with E-state index >= 15 is 0 Å². The highest BCUT2D eigenvalue weighted by atomic mass is 35.5. The van der Waals surface area contributed by atoms with Crippen molar-refractivity contribution in [2.24, 2.45) is 0 Å². The van der Waals surface area contributed by atoms with Gasteiger partial charge in [0, 0.05) is 23.2 Å². The number of carbonyl (C=O) groups excluding carboxylic acids is 1. The van der Waals surface area contributed by atoms with Gasteiger partial charge in [0.1, 0.15) is 11.5 Å². The minimum absolute atomic E-state index is 0.237. The fraction of sp³-hybridized carbons (Fsp3) is 0.261. The van der Waals surface area contributed by atoms with E-state index in [4.69, 9.17) is 21.1 Å². The van der Waals surface area contributed by atoms with Crippen molar-refractivity contribution in [1.82, 2.24) is 15.1 Å². The van der Waals surface area contributed by atoms with Crippen molar-refractivity contribution in [2.75, 3.05) is 13.7 Å². The first kappa shape index (κ1) is 22.4. The number of nitrogens with one attached hydrogen (secondary N) is 1. The largest absolute Gasteiger partial charge is 0.497 e. The molecule has 1 unspecified atom stereocenters. The number of aryl methyl sites for hydroxylation is 1. The Labute approximate surface area is 185 Å². The lowest BCUT2D eigenvalue weighted by molar-refractivity contribution is -0.127. The second-order valence-corrected chi connectivity index (χ2v) is 7.38. The molecular weight excluding hydrogens is 418 g/mol. The molecular formula is C23H24ClN3O4. The van der Waals surface area contributed by atoms with E-state index in [0.29, 0.717) is 16.5 Å². The molecule has 0 radical (unpaired) electrons. The van der Waals surface area contributed by atoms with Gasteiger partial charge in [0.05, 0.1) is 19.3 Å². The number of ether oxygens (including phenoxy) is 2. The molecule has 1 heterocycles. The van der Waals surface area contributed by atoms with Gasteiger partial charge in [0.15, 0.2) is 6.10 Å². The van der Waals surface area contributed by atoms with Crippen LogP contribution in [0.4, 0.5) is 0 Å². The summed E-state index contributed by atoms with van der Waals surface area (Å²) in [4.78, 5) is 24.5. The Morgan fingerprint density at radius 3 is 2.52 bits per heavy atom. The van der Waals surface area contributed by atoms with Gasteiger partial charge in [-0.3, -0.25) is 9.59 Å². The number of nitrogens with zero attached hydrogens (tertiary/aromatic N) is 2. The zero-order chi connectivity index (χ0) is 22.4. The van der Waals surface area contributed by atoms with Gasteiger partial charge in [-0.1, -0.05) is 11.6 Å². The van der Waals surface area contributed by atoms with Crippen LogP contribution in [0.25, 0.3) is 11.3 Å². The highest BCUT2D eigenvalue weighted by Gasteiger charge is 2.15. The summed E-state index contributed by atoms with van der Waals surface area (Å²) < 4.78 is 12.2. The van der Waals surface area contributed by atoms with E-state index < -0.39 is 6.10 Å². The van der Waals surface area contributed by atoms with Crippen LogP contribution in [-0.4, -0.2) is 35.4 Å². The van der Waals surface area contributed by atoms with Crippen LogP contribution in [0.1, 0.15) is 12.5 Å². The summed E-state index contributed by atoms with van der Waals surface area (Å²) in [6.07, 6.45) is -0.698. The molecule has 2 aromatic carbocycles. The molecule has 0 saturated carbocycles. The molecule has 1 aromatic heterocycles. The van der Waals surface area contributed by atoms with E-state index in [-0.39, 0.29) is 24.6 Å². The van der Waals surface area contributed by atoms with E-state index in [1.807, 2.05) is 31.2 Å². The number of benzene rings is 2. The Bertz CT molecular complexity index is 1110. The zero-order valence-electron chi connectivity index (χ0n) is 17.6. The minimum atomic E-state index is -0.698. The van der Waals surface area contributed by atoms with Crippen LogP contribution in [0.5, 0.6) is 11.5 Å². The van der Waals surface area contributed by atoms with Crippen molar-refractivity contribution in [3.8, 4) is 22.8 Å². The van der Waals surface area contributed by atoms with Crippen molar-refractivity contribution in [3.05, 3.63) is 75.5 Å². The Hall–Kier alpha value is -3.32. The Morgan fingerprint density at radius 1 is 1.13 bits per heavy atom. The minimum Gasteiger partial charge on any atom is -0.497 e. The standard InChI is InChI=1S/C23H24ClN3O4/c1-15-14-19(8-9-20(15)24)31-16(2)23(29)25-12-13-27-22(28)11-10-21(26-27)17-4-6-18(30-3)7-5-17/h4-11,14,16H,12-13H2,1-3H3,(H,25,29). The molecule has 8 heteroatoms. The molecule has 162 valence electrons. The number of rotatable bonds is 8. The topological polar surface area (TPSA) is 82.5 Å². The molecule has 0 aliphatic rings. The molecule has 0 bridgehead atoms. The highest BCUT2D eigenvalue weighted by molar-refractivity contribution is 6.31. The molecule has 0 spiro atoms. The quantitative estimate of drug-likeness (QED) is 0.578. The number of hydrogen-bond donors (Lipinski definition) is 1. The van der Waals surface area contributed by atoms with Gasteiger partial charge in [0.2, 0.25) is 0 Å². The second-order valence-electron chi connectivity index (χ2n) is 6.97. The molecule has 3 rings (SSSR count).